The maximum Gasteiger partial charge on any atom is 0.325 e. The van der Waals surface area contributed by atoms with Gasteiger partial charge in [0.1, 0.15) is 6.54 Å². The van der Waals surface area contributed by atoms with Gasteiger partial charge >= 0.3 is 5.97 Å². The van der Waals surface area contributed by atoms with Gasteiger partial charge in [-0.1, -0.05) is 35.6 Å². The van der Waals surface area contributed by atoms with E-state index < -0.39 is 0 Å². The van der Waals surface area contributed by atoms with Gasteiger partial charge in [-0.3, -0.25) is 9.59 Å². The number of fused-ring (bicyclic) bond motifs is 1. The van der Waals surface area contributed by atoms with Crippen LogP contribution in [-0.2, 0) is 16.1 Å². The predicted octanol–water partition coefficient (Wildman–Crippen LogP) is 2.93. The van der Waals surface area contributed by atoms with Crippen molar-refractivity contribution >= 4 is 33.4 Å². The van der Waals surface area contributed by atoms with Crippen LogP contribution in [0.3, 0.4) is 0 Å². The fraction of sp³-hybridized carbons (Fsp3) is 0.167. The molecule has 1 amide bonds. The Morgan fingerprint density at radius 1 is 1.17 bits per heavy atom. The van der Waals surface area contributed by atoms with Gasteiger partial charge in [0.2, 0.25) is 0 Å². The van der Waals surface area contributed by atoms with Crippen LogP contribution in [0, 0.1) is 6.92 Å². The van der Waals surface area contributed by atoms with E-state index in [4.69, 9.17) is 4.74 Å². The van der Waals surface area contributed by atoms with E-state index in [1.54, 1.807) is 28.8 Å². The highest BCUT2D eigenvalue weighted by atomic mass is 32.1. The summed E-state index contributed by atoms with van der Waals surface area (Å²) in [7, 11) is 1.34. The number of hydrogen-bond acceptors (Lipinski definition) is 4. The summed E-state index contributed by atoms with van der Waals surface area (Å²) in [4.78, 5) is 28.8. The molecule has 1 heterocycles. The molecule has 6 heteroatoms. The van der Waals surface area contributed by atoms with Crippen LogP contribution in [0.15, 0.2) is 53.5 Å². The number of aromatic nitrogens is 1. The van der Waals surface area contributed by atoms with Crippen LogP contribution < -0.4 is 4.80 Å². The summed E-state index contributed by atoms with van der Waals surface area (Å²) in [5.74, 6) is -0.721. The number of amides is 1. The second kappa shape index (κ2) is 6.80. The van der Waals surface area contributed by atoms with Gasteiger partial charge in [-0.05, 0) is 36.8 Å². The Kier molecular flexibility index (Phi) is 4.57. The molecule has 0 saturated heterocycles. The molecule has 0 N–H and O–H groups in total. The summed E-state index contributed by atoms with van der Waals surface area (Å²) >= 11 is 1.38. The maximum atomic E-state index is 12.4. The van der Waals surface area contributed by atoms with E-state index >= 15 is 0 Å². The van der Waals surface area contributed by atoms with Crippen LogP contribution in [0.5, 0.6) is 0 Å². The first-order valence-electron chi connectivity index (χ1n) is 7.39. The fourth-order valence-electron chi connectivity index (χ4n) is 2.34. The van der Waals surface area contributed by atoms with Gasteiger partial charge in [-0.25, -0.2) is 0 Å². The molecule has 3 aromatic rings. The number of rotatable bonds is 3. The summed E-state index contributed by atoms with van der Waals surface area (Å²) in [5.41, 5.74) is 2.47. The number of aryl methyl sites for hydroxylation is 1. The molecule has 5 nitrogen and oxygen atoms in total. The van der Waals surface area contributed by atoms with Crippen molar-refractivity contribution in [1.29, 1.82) is 0 Å². The summed E-state index contributed by atoms with van der Waals surface area (Å²) in [6.45, 7) is 2.01. The number of carbonyl (C=O) groups is 2. The third-order valence-electron chi connectivity index (χ3n) is 3.57. The minimum atomic E-state index is -0.385. The zero-order chi connectivity index (χ0) is 17.1. The lowest BCUT2D eigenvalue weighted by Crippen LogP contribution is -2.22. The summed E-state index contributed by atoms with van der Waals surface area (Å²) in [5, 5.41) is 0. The van der Waals surface area contributed by atoms with Gasteiger partial charge in [0.05, 0.1) is 17.3 Å². The standard InChI is InChI=1S/C18H16N2O3S/c1-12-8-9-14-15(10-12)24-18(20(14)11-16(21)23-2)19-17(22)13-6-4-3-5-7-13/h3-10H,11H2,1-2H3. The first-order valence-corrected chi connectivity index (χ1v) is 8.21. The van der Waals surface area contributed by atoms with Gasteiger partial charge in [0.25, 0.3) is 5.91 Å². The molecule has 0 saturated carbocycles. The topological polar surface area (TPSA) is 60.7 Å². The third-order valence-corrected chi connectivity index (χ3v) is 4.61. The SMILES string of the molecule is COC(=O)Cn1c(=NC(=O)c2ccccc2)sc2cc(C)ccc21. The number of nitrogens with zero attached hydrogens (tertiary/aromatic N) is 2. The second-order valence-corrected chi connectivity index (χ2v) is 6.31. The number of methoxy groups -OCH3 is 1. The van der Waals surface area contributed by atoms with Gasteiger partial charge in [0.15, 0.2) is 4.80 Å². The van der Waals surface area contributed by atoms with Crippen LogP contribution >= 0.6 is 11.3 Å². The van der Waals surface area contributed by atoms with Crippen LogP contribution in [0.4, 0.5) is 0 Å². The molecule has 0 unspecified atom stereocenters. The average molecular weight is 340 g/mol. The average Bonchev–Trinajstić information content (AvgIpc) is 2.91. The second-order valence-electron chi connectivity index (χ2n) is 5.30. The number of thiazole rings is 1. The highest BCUT2D eigenvalue weighted by Gasteiger charge is 2.12. The lowest BCUT2D eigenvalue weighted by Gasteiger charge is -2.03. The summed E-state index contributed by atoms with van der Waals surface area (Å²) in [6.07, 6.45) is 0. The zero-order valence-electron chi connectivity index (χ0n) is 13.4. The molecule has 0 radical (unpaired) electrons. The molecule has 2 aromatic carbocycles. The number of benzene rings is 2. The Morgan fingerprint density at radius 2 is 1.92 bits per heavy atom. The van der Waals surface area contributed by atoms with Crippen LogP contribution in [0.1, 0.15) is 15.9 Å². The minimum absolute atomic E-state index is 0.0143. The molecule has 0 aliphatic carbocycles. The van der Waals surface area contributed by atoms with Gasteiger partial charge in [-0.2, -0.15) is 4.99 Å². The summed E-state index contributed by atoms with van der Waals surface area (Å²) in [6, 6.07) is 14.8. The van der Waals surface area contributed by atoms with Gasteiger partial charge in [0, 0.05) is 5.56 Å². The highest BCUT2D eigenvalue weighted by Crippen LogP contribution is 2.19. The molecule has 0 atom stereocenters. The predicted molar refractivity (Wildman–Crippen MR) is 92.9 cm³/mol. The molecular formula is C18H16N2O3S. The van der Waals surface area contributed by atoms with Crippen molar-refractivity contribution < 1.29 is 14.3 Å². The molecule has 122 valence electrons. The molecule has 0 aliphatic heterocycles. The Morgan fingerprint density at radius 3 is 2.62 bits per heavy atom. The van der Waals surface area contributed by atoms with E-state index in [0.29, 0.717) is 10.4 Å². The van der Waals surface area contributed by atoms with Gasteiger partial charge < -0.3 is 9.30 Å². The molecule has 0 fully saturated rings. The lowest BCUT2D eigenvalue weighted by molar-refractivity contribution is -0.141. The molecule has 0 spiro atoms. The van der Waals surface area contributed by atoms with Crippen molar-refractivity contribution in [2.75, 3.05) is 7.11 Å². The van der Waals surface area contributed by atoms with E-state index in [1.807, 2.05) is 31.2 Å². The number of hydrogen-bond donors (Lipinski definition) is 0. The molecule has 3 rings (SSSR count). The van der Waals surface area contributed by atoms with Crippen molar-refractivity contribution in [1.82, 2.24) is 4.57 Å². The first-order chi connectivity index (χ1) is 11.6. The molecule has 1 aromatic heterocycles. The minimum Gasteiger partial charge on any atom is -0.468 e. The lowest BCUT2D eigenvalue weighted by atomic mass is 10.2. The van der Waals surface area contributed by atoms with E-state index in [9.17, 15) is 9.59 Å². The highest BCUT2D eigenvalue weighted by molar-refractivity contribution is 7.16. The number of ether oxygens (including phenoxy) is 1. The fourth-order valence-corrected chi connectivity index (χ4v) is 3.47. The quantitative estimate of drug-likeness (QED) is 0.689. The zero-order valence-corrected chi connectivity index (χ0v) is 14.2. The monoisotopic (exact) mass is 340 g/mol. The molecular weight excluding hydrogens is 324 g/mol. The van der Waals surface area contributed by atoms with Gasteiger partial charge in [-0.15, -0.1) is 0 Å². The van der Waals surface area contributed by atoms with E-state index in [0.717, 1.165) is 15.8 Å². The summed E-state index contributed by atoms with van der Waals surface area (Å²) < 4.78 is 7.44. The maximum absolute atomic E-state index is 12.4. The third kappa shape index (κ3) is 3.28. The van der Waals surface area contributed by atoms with Crippen molar-refractivity contribution in [3.63, 3.8) is 0 Å². The molecule has 0 bridgehead atoms. The van der Waals surface area contributed by atoms with Crippen molar-refractivity contribution in [3.8, 4) is 0 Å². The molecule has 24 heavy (non-hydrogen) atoms. The van der Waals surface area contributed by atoms with Crippen molar-refractivity contribution in [2.24, 2.45) is 4.99 Å². The Hall–Kier alpha value is -2.73. The van der Waals surface area contributed by atoms with Crippen LogP contribution in [-0.4, -0.2) is 23.6 Å². The largest absolute Gasteiger partial charge is 0.468 e. The van der Waals surface area contributed by atoms with Crippen LogP contribution in [0.25, 0.3) is 10.2 Å². The smallest absolute Gasteiger partial charge is 0.325 e. The van der Waals surface area contributed by atoms with E-state index in [-0.39, 0.29) is 18.4 Å². The van der Waals surface area contributed by atoms with E-state index in [2.05, 4.69) is 4.99 Å². The van der Waals surface area contributed by atoms with Crippen molar-refractivity contribution in [3.05, 3.63) is 64.5 Å². The number of esters is 1. The Bertz CT molecular complexity index is 971. The number of carbonyl (C=O) groups excluding carboxylic acids is 2. The molecule has 0 aliphatic rings. The van der Waals surface area contributed by atoms with Crippen LogP contribution in [0.2, 0.25) is 0 Å². The first kappa shape index (κ1) is 16.1. The van der Waals surface area contributed by atoms with Crippen molar-refractivity contribution in [2.45, 2.75) is 13.5 Å². The Balaban J connectivity index is 2.15. The van der Waals surface area contributed by atoms with E-state index in [1.165, 1.54) is 18.4 Å². The normalized spacial score (nSPS) is 11.7. The Labute approximate surface area is 142 Å².